The molecule has 0 spiro atoms. The first-order chi connectivity index (χ1) is 15.8. The number of hydrogen-bond acceptors (Lipinski definition) is 4. The van der Waals surface area contributed by atoms with Crippen molar-refractivity contribution in [3.8, 4) is 0 Å². The number of anilines is 1. The van der Waals surface area contributed by atoms with Gasteiger partial charge in [-0.3, -0.25) is 9.69 Å². The number of benzene rings is 3. The van der Waals surface area contributed by atoms with Crippen molar-refractivity contribution in [3.63, 3.8) is 0 Å². The van der Waals surface area contributed by atoms with Gasteiger partial charge in [0.1, 0.15) is 0 Å². The molecular weight excluding hydrogens is 502 g/mol. The number of carbonyl (C=O) groups excluding carboxylic acids is 1. The van der Waals surface area contributed by atoms with Crippen LogP contribution < -0.4 is 5.32 Å². The Bertz CT molecular complexity index is 1240. The summed E-state index contributed by atoms with van der Waals surface area (Å²) < 4.78 is 28.2. The minimum absolute atomic E-state index is 0.169. The van der Waals surface area contributed by atoms with Gasteiger partial charge in [0.05, 0.1) is 10.6 Å². The van der Waals surface area contributed by atoms with E-state index in [9.17, 15) is 13.2 Å². The van der Waals surface area contributed by atoms with Gasteiger partial charge in [-0.05, 0) is 64.8 Å². The smallest absolute Gasteiger partial charge is 0.255 e. The number of amides is 1. The van der Waals surface area contributed by atoms with Crippen molar-refractivity contribution >= 4 is 37.5 Å². The molecule has 0 saturated carbocycles. The predicted molar refractivity (Wildman–Crippen MR) is 134 cm³/mol. The number of aryl methyl sites for hydroxylation is 1. The molecule has 1 heterocycles. The number of nitrogens with one attached hydrogen (secondary N) is 1. The number of piperazine rings is 1. The van der Waals surface area contributed by atoms with Gasteiger partial charge in [-0.25, -0.2) is 8.42 Å². The summed E-state index contributed by atoms with van der Waals surface area (Å²) in [5.41, 5.74) is 3.36. The van der Waals surface area contributed by atoms with Crippen LogP contribution in [0.2, 0.25) is 0 Å². The Hall–Kier alpha value is -2.52. The molecule has 0 aliphatic carbocycles. The maximum absolute atomic E-state index is 12.9. The van der Waals surface area contributed by atoms with Crippen LogP contribution in [-0.4, -0.2) is 49.7 Å². The number of carbonyl (C=O) groups is 1. The van der Waals surface area contributed by atoms with Crippen LogP contribution in [0.3, 0.4) is 0 Å². The Morgan fingerprint density at radius 1 is 0.939 bits per heavy atom. The van der Waals surface area contributed by atoms with Gasteiger partial charge in [0.15, 0.2) is 0 Å². The van der Waals surface area contributed by atoms with E-state index in [1.165, 1.54) is 0 Å². The molecule has 172 valence electrons. The Balaban J connectivity index is 1.36. The van der Waals surface area contributed by atoms with Crippen LogP contribution >= 0.6 is 15.9 Å². The third kappa shape index (κ3) is 5.70. The summed E-state index contributed by atoms with van der Waals surface area (Å²) in [5.74, 6) is -0.169. The van der Waals surface area contributed by atoms with Gasteiger partial charge in [-0.2, -0.15) is 4.31 Å². The lowest BCUT2D eigenvalue weighted by Gasteiger charge is -2.34. The average Bonchev–Trinajstić information content (AvgIpc) is 2.81. The van der Waals surface area contributed by atoms with Crippen molar-refractivity contribution in [2.24, 2.45) is 0 Å². The van der Waals surface area contributed by atoms with Crippen molar-refractivity contribution in [2.45, 2.75) is 18.4 Å². The van der Waals surface area contributed by atoms with Crippen LogP contribution in [0, 0.1) is 6.92 Å². The van der Waals surface area contributed by atoms with Gasteiger partial charge in [0.2, 0.25) is 10.0 Å². The highest BCUT2D eigenvalue weighted by atomic mass is 79.9. The molecule has 3 aromatic rings. The fourth-order valence-electron chi connectivity index (χ4n) is 3.81. The van der Waals surface area contributed by atoms with Crippen LogP contribution in [0.1, 0.15) is 21.5 Å². The summed E-state index contributed by atoms with van der Waals surface area (Å²) in [6, 6.07) is 22.0. The van der Waals surface area contributed by atoms with Crippen molar-refractivity contribution in [1.82, 2.24) is 9.21 Å². The second-order valence-electron chi connectivity index (χ2n) is 8.13. The fourth-order valence-corrected chi connectivity index (χ4v) is 5.62. The zero-order valence-corrected chi connectivity index (χ0v) is 20.8. The summed E-state index contributed by atoms with van der Waals surface area (Å²) in [5, 5.41) is 2.93. The van der Waals surface area contributed by atoms with Crippen LogP contribution in [0.5, 0.6) is 0 Å². The Kier molecular flexibility index (Phi) is 7.29. The molecule has 0 aromatic heterocycles. The van der Waals surface area contributed by atoms with E-state index in [0.29, 0.717) is 43.2 Å². The van der Waals surface area contributed by atoms with Crippen molar-refractivity contribution < 1.29 is 13.2 Å². The Labute approximate surface area is 203 Å². The van der Waals surface area contributed by atoms with E-state index < -0.39 is 10.0 Å². The lowest BCUT2D eigenvalue weighted by atomic mass is 10.1. The second kappa shape index (κ2) is 10.2. The van der Waals surface area contributed by atoms with E-state index in [1.54, 1.807) is 22.5 Å². The van der Waals surface area contributed by atoms with Gasteiger partial charge in [-0.15, -0.1) is 0 Å². The van der Waals surface area contributed by atoms with E-state index in [0.717, 1.165) is 21.3 Å². The molecule has 0 radical (unpaired) electrons. The molecule has 0 bridgehead atoms. The quantitative estimate of drug-likeness (QED) is 0.511. The SMILES string of the molecule is Cc1ccc(S(=O)(=O)N2CCN(Cc3cccc(C(=O)Nc4ccccc4Br)c3)CC2)cc1. The summed E-state index contributed by atoms with van der Waals surface area (Å²) in [7, 11) is -3.48. The molecule has 1 fully saturated rings. The summed E-state index contributed by atoms with van der Waals surface area (Å²) in [6.07, 6.45) is 0. The molecule has 3 aromatic carbocycles. The van der Waals surface area contributed by atoms with E-state index in [1.807, 2.05) is 61.5 Å². The van der Waals surface area contributed by atoms with E-state index in [4.69, 9.17) is 0 Å². The molecule has 1 saturated heterocycles. The zero-order valence-electron chi connectivity index (χ0n) is 18.4. The lowest BCUT2D eigenvalue weighted by Crippen LogP contribution is -2.48. The third-order valence-electron chi connectivity index (χ3n) is 5.71. The maximum atomic E-state index is 12.9. The molecular formula is C25H26BrN3O3S. The molecule has 0 unspecified atom stereocenters. The highest BCUT2D eigenvalue weighted by molar-refractivity contribution is 9.10. The van der Waals surface area contributed by atoms with Gasteiger partial charge in [0.25, 0.3) is 5.91 Å². The van der Waals surface area contributed by atoms with Gasteiger partial charge < -0.3 is 5.32 Å². The molecule has 1 N–H and O–H groups in total. The first-order valence-electron chi connectivity index (χ1n) is 10.8. The highest BCUT2D eigenvalue weighted by Crippen LogP contribution is 2.23. The first kappa shape index (κ1) is 23.6. The number of sulfonamides is 1. The van der Waals surface area contributed by atoms with Crippen molar-refractivity contribution in [3.05, 3.63) is 94.0 Å². The van der Waals surface area contributed by atoms with E-state index >= 15 is 0 Å². The zero-order chi connectivity index (χ0) is 23.4. The molecule has 0 atom stereocenters. The maximum Gasteiger partial charge on any atom is 0.255 e. The minimum atomic E-state index is -3.48. The normalized spacial score (nSPS) is 15.3. The molecule has 1 amide bonds. The van der Waals surface area contributed by atoms with E-state index in [-0.39, 0.29) is 5.91 Å². The number of nitrogens with zero attached hydrogens (tertiary/aromatic N) is 2. The third-order valence-corrected chi connectivity index (χ3v) is 8.31. The highest BCUT2D eigenvalue weighted by Gasteiger charge is 2.28. The van der Waals surface area contributed by atoms with Gasteiger partial charge >= 0.3 is 0 Å². The number of hydrogen-bond donors (Lipinski definition) is 1. The van der Waals surface area contributed by atoms with Crippen LogP contribution in [0.15, 0.2) is 82.2 Å². The fraction of sp³-hybridized carbons (Fsp3) is 0.240. The standard InChI is InChI=1S/C25H26BrN3O3S/c1-19-9-11-22(12-10-19)33(31,32)29-15-13-28(14-16-29)18-20-5-4-6-21(17-20)25(30)27-24-8-3-2-7-23(24)26/h2-12,17H,13-16,18H2,1H3,(H,27,30). The summed E-state index contributed by atoms with van der Waals surface area (Å²) >= 11 is 3.45. The predicted octanol–water partition coefficient (Wildman–Crippen LogP) is 4.52. The summed E-state index contributed by atoms with van der Waals surface area (Å²) in [4.78, 5) is 15.3. The number of para-hydroxylation sites is 1. The average molecular weight is 528 g/mol. The van der Waals surface area contributed by atoms with Crippen molar-refractivity contribution in [2.75, 3.05) is 31.5 Å². The molecule has 4 rings (SSSR count). The minimum Gasteiger partial charge on any atom is -0.321 e. The summed E-state index contributed by atoms with van der Waals surface area (Å²) in [6.45, 7) is 4.76. The topological polar surface area (TPSA) is 69.7 Å². The number of rotatable bonds is 6. The Morgan fingerprint density at radius 3 is 2.33 bits per heavy atom. The first-order valence-corrected chi connectivity index (χ1v) is 13.0. The van der Waals surface area contributed by atoms with Gasteiger partial charge in [-0.1, -0.05) is 42.0 Å². The molecule has 8 heteroatoms. The lowest BCUT2D eigenvalue weighted by molar-refractivity contribution is 0.102. The van der Waals surface area contributed by atoms with Crippen LogP contribution in [-0.2, 0) is 16.6 Å². The molecule has 33 heavy (non-hydrogen) atoms. The van der Waals surface area contributed by atoms with Crippen LogP contribution in [0.25, 0.3) is 0 Å². The molecule has 1 aliphatic rings. The molecule has 6 nitrogen and oxygen atoms in total. The number of halogens is 1. The van der Waals surface area contributed by atoms with Crippen molar-refractivity contribution in [1.29, 1.82) is 0 Å². The Morgan fingerprint density at radius 2 is 1.64 bits per heavy atom. The second-order valence-corrected chi connectivity index (χ2v) is 10.9. The van der Waals surface area contributed by atoms with Gasteiger partial charge in [0, 0.05) is 42.8 Å². The van der Waals surface area contributed by atoms with Crippen LogP contribution in [0.4, 0.5) is 5.69 Å². The van der Waals surface area contributed by atoms with E-state index in [2.05, 4.69) is 26.1 Å². The monoisotopic (exact) mass is 527 g/mol. The molecule has 1 aliphatic heterocycles. The largest absolute Gasteiger partial charge is 0.321 e.